The Kier molecular flexibility index (Phi) is 6.62. The fourth-order valence-electron chi connectivity index (χ4n) is 2.24. The van der Waals surface area contributed by atoms with Crippen molar-refractivity contribution in [3.8, 4) is 0 Å². The van der Waals surface area contributed by atoms with Crippen LogP contribution in [0.15, 0.2) is 12.1 Å². The molecule has 6 heteroatoms. The zero-order chi connectivity index (χ0) is 16.0. The van der Waals surface area contributed by atoms with Crippen LogP contribution in [0.25, 0.3) is 0 Å². The second-order valence-electron chi connectivity index (χ2n) is 4.96. The van der Waals surface area contributed by atoms with Gasteiger partial charge in [0.25, 0.3) is 5.91 Å². The first kappa shape index (κ1) is 17.4. The summed E-state index contributed by atoms with van der Waals surface area (Å²) in [5.41, 5.74) is 1.23. The van der Waals surface area contributed by atoms with E-state index in [-0.39, 0.29) is 23.5 Å². The summed E-state index contributed by atoms with van der Waals surface area (Å²) in [7, 11) is 0. The molecule has 1 heterocycles. The van der Waals surface area contributed by atoms with Crippen LogP contribution in [0.1, 0.15) is 49.7 Å². The number of aliphatic carboxylic acids is 1. The summed E-state index contributed by atoms with van der Waals surface area (Å²) < 4.78 is 0. The van der Waals surface area contributed by atoms with Crippen molar-refractivity contribution in [3.05, 3.63) is 28.5 Å². The Morgan fingerprint density at radius 2 is 2.05 bits per heavy atom. The molecule has 0 bridgehead atoms. The Hall–Kier alpha value is -1.62. The van der Waals surface area contributed by atoms with E-state index in [4.69, 9.17) is 16.7 Å². The van der Waals surface area contributed by atoms with Gasteiger partial charge in [-0.15, -0.1) is 0 Å². The third-order valence-electron chi connectivity index (χ3n) is 3.20. The summed E-state index contributed by atoms with van der Waals surface area (Å²) in [5, 5.41) is 9.15. The topological polar surface area (TPSA) is 70.5 Å². The predicted octanol–water partition coefficient (Wildman–Crippen LogP) is 3.01. The van der Waals surface area contributed by atoms with E-state index >= 15 is 0 Å². The van der Waals surface area contributed by atoms with E-state index in [0.717, 1.165) is 18.5 Å². The second-order valence-corrected chi connectivity index (χ2v) is 5.35. The molecule has 1 N–H and O–H groups in total. The fourth-order valence-corrected chi connectivity index (χ4v) is 2.47. The molecule has 0 radical (unpaired) electrons. The zero-order valence-corrected chi connectivity index (χ0v) is 13.4. The zero-order valence-electron chi connectivity index (χ0n) is 12.6. The van der Waals surface area contributed by atoms with Crippen molar-refractivity contribution in [3.63, 3.8) is 0 Å². The van der Waals surface area contributed by atoms with Crippen LogP contribution >= 0.6 is 11.6 Å². The van der Waals surface area contributed by atoms with Gasteiger partial charge in [0, 0.05) is 23.8 Å². The average Bonchev–Trinajstić information content (AvgIpc) is 2.38. The van der Waals surface area contributed by atoms with Gasteiger partial charge in [-0.1, -0.05) is 24.9 Å². The van der Waals surface area contributed by atoms with Gasteiger partial charge in [-0.2, -0.15) is 0 Å². The van der Waals surface area contributed by atoms with Gasteiger partial charge in [0.15, 0.2) is 0 Å². The Morgan fingerprint density at radius 3 is 2.57 bits per heavy atom. The Labute approximate surface area is 129 Å². The molecule has 116 valence electrons. The van der Waals surface area contributed by atoms with Crippen molar-refractivity contribution in [2.24, 2.45) is 0 Å². The molecule has 1 aromatic heterocycles. The fraction of sp³-hybridized carbons (Fsp3) is 0.533. The van der Waals surface area contributed by atoms with Gasteiger partial charge in [0.05, 0.1) is 6.42 Å². The van der Waals surface area contributed by atoms with E-state index < -0.39 is 5.97 Å². The number of amides is 1. The van der Waals surface area contributed by atoms with Gasteiger partial charge in [0.1, 0.15) is 5.15 Å². The van der Waals surface area contributed by atoms with Crippen molar-refractivity contribution in [1.29, 1.82) is 0 Å². The smallest absolute Gasteiger partial charge is 0.305 e. The van der Waals surface area contributed by atoms with E-state index in [9.17, 15) is 9.59 Å². The maximum absolute atomic E-state index is 12.6. The second kappa shape index (κ2) is 7.98. The van der Waals surface area contributed by atoms with Crippen molar-refractivity contribution >= 4 is 23.5 Å². The van der Waals surface area contributed by atoms with Crippen LogP contribution in [0.5, 0.6) is 0 Å². The molecule has 0 aliphatic carbocycles. The molecule has 1 aromatic rings. The highest BCUT2D eigenvalue weighted by Crippen LogP contribution is 2.16. The number of carbonyl (C=O) groups excluding carboxylic acids is 1. The normalized spacial score (nSPS) is 12.0. The molecule has 0 fully saturated rings. The first-order chi connectivity index (χ1) is 9.88. The van der Waals surface area contributed by atoms with Gasteiger partial charge in [-0.25, -0.2) is 4.98 Å². The lowest BCUT2D eigenvalue weighted by Gasteiger charge is -2.27. The lowest BCUT2D eigenvalue weighted by molar-refractivity contribution is -0.138. The van der Waals surface area contributed by atoms with Crippen molar-refractivity contribution in [2.45, 2.75) is 46.1 Å². The van der Waals surface area contributed by atoms with Crippen LogP contribution in [-0.4, -0.2) is 39.5 Å². The summed E-state index contributed by atoms with van der Waals surface area (Å²) in [6, 6.07) is 2.88. The number of halogens is 1. The Morgan fingerprint density at radius 1 is 1.38 bits per heavy atom. The van der Waals surface area contributed by atoms with Crippen LogP contribution < -0.4 is 0 Å². The number of carboxylic acids is 1. The highest BCUT2D eigenvalue weighted by atomic mass is 35.5. The summed E-state index contributed by atoms with van der Waals surface area (Å²) in [4.78, 5) is 29.1. The molecule has 1 unspecified atom stereocenters. The molecule has 1 atom stereocenters. The quantitative estimate of drug-likeness (QED) is 0.786. The summed E-state index contributed by atoms with van der Waals surface area (Å²) >= 11 is 5.97. The Balaban J connectivity index is 3.01. The minimum absolute atomic E-state index is 0.0831. The molecule has 1 amide bonds. The number of rotatable bonds is 7. The molecular weight excluding hydrogens is 292 g/mol. The van der Waals surface area contributed by atoms with E-state index in [0.29, 0.717) is 12.1 Å². The number of hydrogen-bond donors (Lipinski definition) is 1. The SMILES string of the molecule is CCCc1cc(C(=O)N(CC)C(C)CC(=O)O)cc(Cl)n1. The van der Waals surface area contributed by atoms with E-state index in [1.54, 1.807) is 13.0 Å². The molecule has 0 aliphatic rings. The third-order valence-corrected chi connectivity index (χ3v) is 3.40. The van der Waals surface area contributed by atoms with Crippen molar-refractivity contribution in [1.82, 2.24) is 9.88 Å². The number of hydrogen-bond acceptors (Lipinski definition) is 3. The van der Waals surface area contributed by atoms with E-state index in [2.05, 4.69) is 4.98 Å². The molecular formula is C15H21ClN2O3. The van der Waals surface area contributed by atoms with Crippen molar-refractivity contribution in [2.75, 3.05) is 6.54 Å². The van der Waals surface area contributed by atoms with Crippen LogP contribution in [0.2, 0.25) is 5.15 Å². The van der Waals surface area contributed by atoms with Crippen LogP contribution in [0.4, 0.5) is 0 Å². The Bertz CT molecular complexity index is 520. The van der Waals surface area contributed by atoms with Gasteiger partial charge >= 0.3 is 5.97 Å². The third kappa shape index (κ3) is 5.01. The predicted molar refractivity (Wildman–Crippen MR) is 81.7 cm³/mol. The lowest BCUT2D eigenvalue weighted by atomic mass is 10.1. The largest absolute Gasteiger partial charge is 0.481 e. The number of pyridine rings is 1. The highest BCUT2D eigenvalue weighted by Gasteiger charge is 2.22. The molecule has 1 rings (SSSR count). The first-order valence-electron chi connectivity index (χ1n) is 7.08. The standard InChI is InChI=1S/C15H21ClN2O3/c1-4-6-12-8-11(9-13(16)17-12)15(21)18(5-2)10(3)7-14(19)20/h8-10H,4-7H2,1-3H3,(H,19,20). The number of aryl methyl sites for hydroxylation is 1. The average molecular weight is 313 g/mol. The summed E-state index contributed by atoms with van der Waals surface area (Å²) in [5.74, 6) is -1.14. The van der Waals surface area contributed by atoms with Gasteiger partial charge in [-0.05, 0) is 32.4 Å². The number of carbonyl (C=O) groups is 2. The van der Waals surface area contributed by atoms with E-state index in [1.165, 1.54) is 11.0 Å². The van der Waals surface area contributed by atoms with Gasteiger partial charge in [-0.3, -0.25) is 9.59 Å². The lowest BCUT2D eigenvalue weighted by Crippen LogP contribution is -2.39. The molecule has 5 nitrogen and oxygen atoms in total. The van der Waals surface area contributed by atoms with Gasteiger partial charge < -0.3 is 10.0 Å². The minimum atomic E-state index is -0.923. The van der Waals surface area contributed by atoms with E-state index in [1.807, 2.05) is 13.8 Å². The summed E-state index contributed by atoms with van der Waals surface area (Å²) in [6.45, 7) is 6.02. The van der Waals surface area contributed by atoms with Crippen LogP contribution in [0, 0.1) is 0 Å². The van der Waals surface area contributed by atoms with Crippen LogP contribution in [-0.2, 0) is 11.2 Å². The molecule has 0 saturated carbocycles. The molecule has 0 aliphatic heterocycles. The van der Waals surface area contributed by atoms with Crippen molar-refractivity contribution < 1.29 is 14.7 Å². The molecule has 0 saturated heterocycles. The molecule has 21 heavy (non-hydrogen) atoms. The highest BCUT2D eigenvalue weighted by molar-refractivity contribution is 6.29. The minimum Gasteiger partial charge on any atom is -0.481 e. The monoisotopic (exact) mass is 312 g/mol. The number of nitrogens with zero attached hydrogens (tertiary/aromatic N) is 2. The van der Waals surface area contributed by atoms with Crippen LogP contribution in [0.3, 0.4) is 0 Å². The maximum atomic E-state index is 12.6. The maximum Gasteiger partial charge on any atom is 0.305 e. The molecule has 0 spiro atoms. The van der Waals surface area contributed by atoms with Gasteiger partial charge in [0.2, 0.25) is 0 Å². The first-order valence-corrected chi connectivity index (χ1v) is 7.46. The molecule has 0 aromatic carbocycles. The summed E-state index contributed by atoms with van der Waals surface area (Å²) in [6.07, 6.45) is 1.58. The number of carboxylic acid groups (broad SMARTS) is 1. The number of aromatic nitrogens is 1.